The molecule has 0 amide bonds. The van der Waals surface area contributed by atoms with E-state index >= 15 is 0 Å². The van der Waals surface area contributed by atoms with Crippen molar-refractivity contribution in [3.05, 3.63) is 0 Å². The Bertz CT molecular complexity index is 262. The van der Waals surface area contributed by atoms with Crippen molar-refractivity contribution < 1.29 is 19.7 Å². The van der Waals surface area contributed by atoms with E-state index in [-0.39, 0.29) is 11.9 Å². The highest BCUT2D eigenvalue weighted by Crippen LogP contribution is 2.26. The number of ether oxygens (including phenoxy) is 1. The molecular weight excluding hydrogens is 236 g/mol. The highest BCUT2D eigenvalue weighted by molar-refractivity contribution is 6.76. The monoisotopic (exact) mass is 260 g/mol. The average molecular weight is 260 g/mol. The fraction of sp³-hybridized carbons (Fsp3) is 0.917. The van der Waals surface area contributed by atoms with Gasteiger partial charge in [0.15, 0.2) is 0 Å². The Balaban J connectivity index is 2.29. The number of hydrogen-bond acceptors (Lipinski definition) is 4. The van der Waals surface area contributed by atoms with Gasteiger partial charge in [-0.15, -0.1) is 0 Å². The Hall–Kier alpha value is -0.393. The van der Waals surface area contributed by atoms with Crippen LogP contribution in [0.25, 0.3) is 0 Å². The second-order valence-electron chi connectivity index (χ2n) is 6.12. The van der Waals surface area contributed by atoms with Gasteiger partial charge in [0.2, 0.25) is 0 Å². The van der Waals surface area contributed by atoms with Crippen LogP contribution in [0, 0.1) is 5.92 Å². The number of esters is 1. The molecule has 0 aromatic rings. The van der Waals surface area contributed by atoms with E-state index in [0.29, 0.717) is 25.9 Å². The molecule has 1 rings (SSSR count). The van der Waals surface area contributed by atoms with Crippen molar-refractivity contribution in [3.63, 3.8) is 0 Å². The van der Waals surface area contributed by atoms with Gasteiger partial charge in [0.1, 0.15) is 0 Å². The summed E-state index contributed by atoms with van der Waals surface area (Å²) in [5.41, 5.74) is 0. The summed E-state index contributed by atoms with van der Waals surface area (Å²) in [6.07, 6.45) is -0.0364. The van der Waals surface area contributed by atoms with Crippen molar-refractivity contribution in [1.29, 1.82) is 0 Å². The summed E-state index contributed by atoms with van der Waals surface area (Å²) in [6, 6.07) is 0.969. The van der Waals surface area contributed by atoms with Crippen LogP contribution in [0.4, 0.5) is 0 Å². The van der Waals surface area contributed by atoms with Crippen LogP contribution in [-0.4, -0.2) is 43.1 Å². The number of aliphatic hydroxyl groups excluding tert-OH is 2. The van der Waals surface area contributed by atoms with Gasteiger partial charge in [-0.05, 0) is 25.3 Å². The van der Waals surface area contributed by atoms with Gasteiger partial charge in [0.25, 0.3) is 0 Å². The predicted molar refractivity (Wildman–Crippen MR) is 68.5 cm³/mol. The summed E-state index contributed by atoms with van der Waals surface area (Å²) in [4.78, 5) is 11.7. The molecule has 1 unspecified atom stereocenters. The third-order valence-corrected chi connectivity index (χ3v) is 4.91. The van der Waals surface area contributed by atoms with E-state index in [1.807, 2.05) is 0 Å². The van der Waals surface area contributed by atoms with Crippen LogP contribution in [0.2, 0.25) is 25.7 Å². The standard InChI is InChI=1S/C12H24O4Si/c1-17(2,3)7-6-16-12(15)9-4-5-10(13)11(14)8-9/h9-11,13-14H,4-8H2,1-3H3/t9?,10-,11+/m1/s1. The molecule has 100 valence electrons. The van der Waals surface area contributed by atoms with Crippen LogP contribution in [-0.2, 0) is 9.53 Å². The molecule has 3 atom stereocenters. The minimum absolute atomic E-state index is 0.214. The fourth-order valence-corrected chi connectivity index (χ4v) is 2.63. The van der Waals surface area contributed by atoms with Crippen LogP contribution in [0.5, 0.6) is 0 Å². The highest BCUT2D eigenvalue weighted by Gasteiger charge is 2.32. The largest absolute Gasteiger partial charge is 0.466 e. The molecule has 0 aromatic carbocycles. The third kappa shape index (κ3) is 5.19. The van der Waals surface area contributed by atoms with Gasteiger partial charge in [0, 0.05) is 8.07 Å². The highest BCUT2D eigenvalue weighted by atomic mass is 28.3. The molecule has 0 aliphatic heterocycles. The van der Waals surface area contributed by atoms with Crippen LogP contribution in [0.3, 0.4) is 0 Å². The minimum Gasteiger partial charge on any atom is -0.466 e. The second kappa shape index (κ2) is 5.98. The Morgan fingerprint density at radius 3 is 2.41 bits per heavy atom. The maximum atomic E-state index is 11.7. The van der Waals surface area contributed by atoms with Gasteiger partial charge in [-0.3, -0.25) is 4.79 Å². The fourth-order valence-electron chi connectivity index (χ4n) is 1.92. The predicted octanol–water partition coefficient (Wildman–Crippen LogP) is 1.39. The lowest BCUT2D eigenvalue weighted by Crippen LogP contribution is -2.37. The summed E-state index contributed by atoms with van der Waals surface area (Å²) in [5, 5.41) is 18.9. The molecule has 1 aliphatic carbocycles. The van der Waals surface area contributed by atoms with E-state index in [0.717, 1.165) is 6.04 Å². The summed E-state index contributed by atoms with van der Waals surface area (Å²) in [7, 11) is -1.16. The zero-order valence-electron chi connectivity index (χ0n) is 11.0. The van der Waals surface area contributed by atoms with Crippen molar-refractivity contribution in [1.82, 2.24) is 0 Å². The van der Waals surface area contributed by atoms with Crippen LogP contribution >= 0.6 is 0 Å². The molecule has 0 radical (unpaired) electrons. The molecule has 0 bridgehead atoms. The summed E-state index contributed by atoms with van der Waals surface area (Å²) in [6.45, 7) is 7.20. The van der Waals surface area contributed by atoms with Crippen molar-refractivity contribution in [2.24, 2.45) is 5.92 Å². The first kappa shape index (κ1) is 14.7. The summed E-state index contributed by atoms with van der Waals surface area (Å²) < 4.78 is 5.24. The number of hydrogen-bond donors (Lipinski definition) is 2. The Morgan fingerprint density at radius 2 is 1.88 bits per heavy atom. The van der Waals surface area contributed by atoms with Gasteiger partial charge in [-0.2, -0.15) is 0 Å². The zero-order chi connectivity index (χ0) is 13.1. The zero-order valence-corrected chi connectivity index (χ0v) is 12.0. The lowest BCUT2D eigenvalue weighted by molar-refractivity contribution is -0.152. The molecule has 4 nitrogen and oxygen atoms in total. The van der Waals surface area contributed by atoms with Gasteiger partial charge >= 0.3 is 5.97 Å². The third-order valence-electron chi connectivity index (χ3n) is 3.21. The number of carbonyl (C=O) groups is 1. The molecule has 1 saturated carbocycles. The SMILES string of the molecule is C[Si](C)(C)CCOC(=O)C1CC[C@@H](O)[C@@H](O)C1. The molecule has 1 fully saturated rings. The number of aliphatic hydroxyl groups is 2. The van der Waals surface area contributed by atoms with Crippen LogP contribution < -0.4 is 0 Å². The Labute approximate surface area is 104 Å². The maximum Gasteiger partial charge on any atom is 0.309 e. The van der Waals surface area contributed by atoms with Crippen molar-refractivity contribution in [3.8, 4) is 0 Å². The van der Waals surface area contributed by atoms with E-state index in [2.05, 4.69) is 19.6 Å². The first-order chi connectivity index (χ1) is 7.79. The van der Waals surface area contributed by atoms with E-state index < -0.39 is 20.3 Å². The van der Waals surface area contributed by atoms with Crippen LogP contribution in [0.15, 0.2) is 0 Å². The van der Waals surface area contributed by atoms with Crippen molar-refractivity contribution in [2.75, 3.05) is 6.61 Å². The lowest BCUT2D eigenvalue weighted by atomic mass is 9.85. The van der Waals surface area contributed by atoms with E-state index in [1.165, 1.54) is 0 Å². The Morgan fingerprint density at radius 1 is 1.24 bits per heavy atom. The normalized spacial score (nSPS) is 30.1. The van der Waals surface area contributed by atoms with E-state index in [9.17, 15) is 15.0 Å². The van der Waals surface area contributed by atoms with Gasteiger partial charge in [-0.25, -0.2) is 0 Å². The van der Waals surface area contributed by atoms with Crippen molar-refractivity contribution in [2.45, 2.75) is 57.2 Å². The quantitative estimate of drug-likeness (QED) is 0.592. The molecule has 17 heavy (non-hydrogen) atoms. The number of rotatable bonds is 4. The minimum atomic E-state index is -1.16. The van der Waals surface area contributed by atoms with Crippen LogP contribution in [0.1, 0.15) is 19.3 Å². The molecule has 0 heterocycles. The van der Waals surface area contributed by atoms with Gasteiger partial charge in [-0.1, -0.05) is 19.6 Å². The molecule has 0 aromatic heterocycles. The molecular formula is C12H24O4Si. The van der Waals surface area contributed by atoms with E-state index in [1.54, 1.807) is 0 Å². The van der Waals surface area contributed by atoms with Crippen molar-refractivity contribution >= 4 is 14.0 Å². The molecule has 0 saturated heterocycles. The van der Waals surface area contributed by atoms with Gasteiger partial charge in [0.05, 0.1) is 24.7 Å². The molecule has 2 N–H and O–H groups in total. The lowest BCUT2D eigenvalue weighted by Gasteiger charge is -2.28. The number of carbonyl (C=O) groups excluding carboxylic acids is 1. The second-order valence-corrected chi connectivity index (χ2v) is 11.7. The topological polar surface area (TPSA) is 66.8 Å². The average Bonchev–Trinajstić information content (AvgIpc) is 2.20. The first-order valence-electron chi connectivity index (χ1n) is 6.32. The first-order valence-corrected chi connectivity index (χ1v) is 10.0. The smallest absolute Gasteiger partial charge is 0.309 e. The maximum absolute atomic E-state index is 11.7. The summed E-state index contributed by atoms with van der Waals surface area (Å²) >= 11 is 0. The van der Waals surface area contributed by atoms with Gasteiger partial charge < -0.3 is 14.9 Å². The molecule has 0 spiro atoms. The van der Waals surface area contributed by atoms with E-state index in [4.69, 9.17) is 4.74 Å². The summed E-state index contributed by atoms with van der Waals surface area (Å²) in [5.74, 6) is -0.454. The Kier molecular flexibility index (Phi) is 5.16. The molecule has 5 heteroatoms. The molecule has 1 aliphatic rings.